The van der Waals surface area contributed by atoms with Crippen molar-refractivity contribution in [3.05, 3.63) is 63.6 Å². The highest BCUT2D eigenvalue weighted by molar-refractivity contribution is 6.42. The molecule has 7 heteroatoms. The van der Waals surface area contributed by atoms with E-state index in [1.807, 2.05) is 38.1 Å². The van der Waals surface area contributed by atoms with Gasteiger partial charge in [-0.25, -0.2) is 0 Å². The number of benzene rings is 2. The smallest absolute Gasteiger partial charge is 0.261 e. The summed E-state index contributed by atoms with van der Waals surface area (Å²) in [5.41, 5.74) is 1.98. The molecule has 0 fully saturated rings. The summed E-state index contributed by atoms with van der Waals surface area (Å²) in [6.45, 7) is 11.9. The maximum atomic E-state index is 13.1. The summed E-state index contributed by atoms with van der Waals surface area (Å²) in [5, 5.41) is 3.68. The van der Waals surface area contributed by atoms with Crippen LogP contribution in [0.3, 0.4) is 0 Å². The first-order valence-electron chi connectivity index (χ1n) is 10.7. The molecule has 0 spiro atoms. The predicted molar refractivity (Wildman–Crippen MR) is 130 cm³/mol. The Labute approximate surface area is 201 Å². The molecule has 0 saturated heterocycles. The number of nitrogens with zero attached hydrogens (tertiary/aromatic N) is 1. The first-order chi connectivity index (χ1) is 14.9. The molecule has 0 radical (unpaired) electrons. The van der Waals surface area contributed by atoms with Crippen LogP contribution in [-0.4, -0.2) is 35.4 Å². The zero-order valence-electron chi connectivity index (χ0n) is 19.5. The fraction of sp³-hybridized carbons (Fsp3) is 0.440. The van der Waals surface area contributed by atoms with E-state index in [9.17, 15) is 9.59 Å². The average molecular weight is 479 g/mol. The minimum Gasteiger partial charge on any atom is -0.484 e. The monoisotopic (exact) mass is 478 g/mol. The molecule has 2 amide bonds. The minimum atomic E-state index is -0.689. The lowest BCUT2D eigenvalue weighted by Gasteiger charge is -2.29. The molecule has 0 bridgehead atoms. The van der Waals surface area contributed by atoms with Crippen molar-refractivity contribution in [1.29, 1.82) is 0 Å². The molecule has 0 aliphatic rings. The molecular weight excluding hydrogens is 447 g/mol. The first-order valence-corrected chi connectivity index (χ1v) is 11.4. The van der Waals surface area contributed by atoms with Crippen LogP contribution in [0.25, 0.3) is 0 Å². The van der Waals surface area contributed by atoms with Crippen LogP contribution < -0.4 is 10.1 Å². The zero-order chi connectivity index (χ0) is 24.1. The van der Waals surface area contributed by atoms with Crippen molar-refractivity contribution in [1.82, 2.24) is 10.2 Å². The Balaban J connectivity index is 2.16. The molecule has 2 aromatic carbocycles. The highest BCUT2D eigenvalue weighted by Crippen LogP contribution is 2.25. The van der Waals surface area contributed by atoms with Crippen LogP contribution in [0.2, 0.25) is 10.0 Å². The number of carbonyl (C=O) groups is 2. The van der Waals surface area contributed by atoms with Crippen LogP contribution in [0.1, 0.15) is 52.7 Å². The SMILES string of the molecule is CC(C)NC(=O)[C@H](C)N(Cc1ccc(Cl)c(Cl)c1)C(=O)COc1ccc(C(C)(C)C)cc1. The van der Waals surface area contributed by atoms with E-state index in [4.69, 9.17) is 27.9 Å². The molecule has 174 valence electrons. The molecule has 0 saturated carbocycles. The quantitative estimate of drug-likeness (QED) is 0.535. The van der Waals surface area contributed by atoms with Crippen molar-refractivity contribution < 1.29 is 14.3 Å². The van der Waals surface area contributed by atoms with Crippen LogP contribution in [0, 0.1) is 0 Å². The largest absolute Gasteiger partial charge is 0.484 e. The number of amides is 2. The number of halogens is 2. The van der Waals surface area contributed by atoms with Crippen molar-refractivity contribution >= 4 is 35.0 Å². The van der Waals surface area contributed by atoms with E-state index in [2.05, 4.69) is 26.1 Å². The van der Waals surface area contributed by atoms with E-state index in [-0.39, 0.29) is 36.4 Å². The summed E-state index contributed by atoms with van der Waals surface area (Å²) >= 11 is 12.1. The van der Waals surface area contributed by atoms with Crippen LogP contribution in [0.15, 0.2) is 42.5 Å². The van der Waals surface area contributed by atoms with Crippen molar-refractivity contribution in [3.63, 3.8) is 0 Å². The van der Waals surface area contributed by atoms with Crippen molar-refractivity contribution in [3.8, 4) is 5.75 Å². The molecule has 2 aromatic rings. The summed E-state index contributed by atoms with van der Waals surface area (Å²) in [5.74, 6) is 0.0606. The highest BCUT2D eigenvalue weighted by Gasteiger charge is 2.27. The molecule has 1 N–H and O–H groups in total. The van der Waals surface area contributed by atoms with Gasteiger partial charge in [-0.05, 0) is 61.6 Å². The van der Waals surface area contributed by atoms with Gasteiger partial charge in [0.25, 0.3) is 5.91 Å². The second-order valence-electron chi connectivity index (χ2n) is 9.17. The summed E-state index contributed by atoms with van der Waals surface area (Å²) in [7, 11) is 0. The van der Waals surface area contributed by atoms with Crippen LogP contribution >= 0.6 is 23.2 Å². The van der Waals surface area contributed by atoms with Gasteiger partial charge in [-0.1, -0.05) is 62.2 Å². The molecule has 0 aliphatic heterocycles. The standard InChI is InChI=1S/C25H32Cl2N2O3/c1-16(2)28-24(31)17(3)29(14-18-7-12-21(26)22(27)13-18)23(30)15-32-20-10-8-19(9-11-20)25(4,5)6/h7-13,16-17H,14-15H2,1-6H3,(H,28,31)/t17-/m0/s1. The van der Waals surface area contributed by atoms with Gasteiger partial charge in [0.2, 0.25) is 5.91 Å². The lowest BCUT2D eigenvalue weighted by molar-refractivity contribution is -0.142. The summed E-state index contributed by atoms with van der Waals surface area (Å²) in [6, 6.07) is 12.1. The van der Waals surface area contributed by atoms with Crippen LogP contribution in [0.5, 0.6) is 5.75 Å². The Hall–Kier alpha value is -2.24. The highest BCUT2D eigenvalue weighted by atomic mass is 35.5. The van der Waals surface area contributed by atoms with Gasteiger partial charge in [-0.15, -0.1) is 0 Å². The maximum absolute atomic E-state index is 13.1. The third-order valence-electron chi connectivity index (χ3n) is 5.02. The molecule has 0 aliphatic carbocycles. The molecule has 5 nitrogen and oxygen atoms in total. The van der Waals surface area contributed by atoms with E-state index in [0.717, 1.165) is 5.56 Å². The number of carbonyl (C=O) groups excluding carboxylic acids is 2. The third kappa shape index (κ3) is 7.42. The second kappa shape index (κ2) is 11.1. The fourth-order valence-corrected chi connectivity index (χ4v) is 3.42. The molecule has 0 unspecified atom stereocenters. The van der Waals surface area contributed by atoms with Crippen molar-refractivity contribution in [2.45, 2.75) is 65.6 Å². The number of nitrogens with one attached hydrogen (secondary N) is 1. The third-order valence-corrected chi connectivity index (χ3v) is 5.76. The lowest BCUT2D eigenvalue weighted by Crippen LogP contribution is -2.50. The Kier molecular flexibility index (Phi) is 8.99. The Morgan fingerprint density at radius 1 is 1.00 bits per heavy atom. The molecule has 0 aromatic heterocycles. The summed E-state index contributed by atoms with van der Waals surface area (Å²) < 4.78 is 5.74. The van der Waals surface area contributed by atoms with E-state index in [1.54, 1.807) is 25.1 Å². The van der Waals surface area contributed by atoms with Gasteiger partial charge in [0.15, 0.2) is 6.61 Å². The van der Waals surface area contributed by atoms with Crippen LogP contribution in [0.4, 0.5) is 0 Å². The Bertz CT molecular complexity index is 937. The van der Waals surface area contributed by atoms with Gasteiger partial charge in [-0.2, -0.15) is 0 Å². The summed E-state index contributed by atoms with van der Waals surface area (Å²) in [6.07, 6.45) is 0. The molecule has 2 rings (SSSR count). The number of hydrogen-bond acceptors (Lipinski definition) is 3. The van der Waals surface area contributed by atoms with Crippen molar-refractivity contribution in [2.75, 3.05) is 6.61 Å². The molecule has 0 heterocycles. The number of rotatable bonds is 8. The Morgan fingerprint density at radius 3 is 2.16 bits per heavy atom. The molecular formula is C25H32Cl2N2O3. The van der Waals surface area contributed by atoms with E-state index < -0.39 is 6.04 Å². The number of ether oxygens (including phenoxy) is 1. The summed E-state index contributed by atoms with van der Waals surface area (Å²) in [4.78, 5) is 27.2. The average Bonchev–Trinajstić information content (AvgIpc) is 2.71. The molecule has 1 atom stereocenters. The zero-order valence-corrected chi connectivity index (χ0v) is 21.1. The van der Waals surface area contributed by atoms with Gasteiger partial charge >= 0.3 is 0 Å². The fourth-order valence-electron chi connectivity index (χ4n) is 3.10. The van der Waals surface area contributed by atoms with E-state index in [1.165, 1.54) is 10.5 Å². The topological polar surface area (TPSA) is 58.6 Å². The first kappa shape index (κ1) is 26.0. The minimum absolute atomic E-state index is 0.0320. The van der Waals surface area contributed by atoms with Gasteiger partial charge < -0.3 is 15.0 Å². The molecule has 32 heavy (non-hydrogen) atoms. The Morgan fingerprint density at radius 2 is 1.62 bits per heavy atom. The second-order valence-corrected chi connectivity index (χ2v) is 9.99. The normalized spacial score (nSPS) is 12.4. The van der Waals surface area contributed by atoms with Crippen molar-refractivity contribution in [2.24, 2.45) is 0 Å². The van der Waals surface area contributed by atoms with E-state index in [0.29, 0.717) is 15.8 Å². The predicted octanol–water partition coefficient (Wildman–Crippen LogP) is 5.61. The van der Waals surface area contributed by atoms with Gasteiger partial charge in [0.05, 0.1) is 10.0 Å². The lowest BCUT2D eigenvalue weighted by atomic mass is 9.87. The number of hydrogen-bond donors (Lipinski definition) is 1. The van der Waals surface area contributed by atoms with E-state index >= 15 is 0 Å². The maximum Gasteiger partial charge on any atom is 0.261 e. The van der Waals surface area contributed by atoms with Gasteiger partial charge in [0.1, 0.15) is 11.8 Å². The van der Waals surface area contributed by atoms with Crippen LogP contribution in [-0.2, 0) is 21.5 Å². The van der Waals surface area contributed by atoms with Gasteiger partial charge in [0, 0.05) is 12.6 Å². The van der Waals surface area contributed by atoms with Gasteiger partial charge in [-0.3, -0.25) is 9.59 Å².